The van der Waals surface area contributed by atoms with Gasteiger partial charge in [0.1, 0.15) is 10.8 Å². The molecule has 0 saturated heterocycles. The Balaban J connectivity index is 1.65. The first-order valence-electron chi connectivity index (χ1n) is 9.68. The van der Waals surface area contributed by atoms with Crippen molar-refractivity contribution in [1.82, 2.24) is 5.16 Å². The minimum atomic E-state index is -0.358. The molecule has 0 saturated carbocycles. The zero-order valence-corrected chi connectivity index (χ0v) is 16.5. The summed E-state index contributed by atoms with van der Waals surface area (Å²) in [5.41, 5.74) is 2.81. The lowest BCUT2D eigenvalue weighted by molar-refractivity contribution is 0.0526. The molecule has 2 aliphatic rings. The van der Waals surface area contributed by atoms with Gasteiger partial charge in [-0.25, -0.2) is 4.79 Å². The molecule has 2 aliphatic carbocycles. The summed E-state index contributed by atoms with van der Waals surface area (Å²) in [4.78, 5) is 26.6. The third-order valence-corrected chi connectivity index (χ3v) is 6.59. The number of aromatic nitrogens is 1. The number of ether oxygens (including phenoxy) is 1. The van der Waals surface area contributed by atoms with E-state index < -0.39 is 0 Å². The molecular weight excluding hydrogens is 364 g/mol. The number of hydrogen-bond donors (Lipinski definition) is 1. The van der Waals surface area contributed by atoms with E-state index >= 15 is 0 Å². The summed E-state index contributed by atoms with van der Waals surface area (Å²) in [6.07, 6.45) is 6.63. The van der Waals surface area contributed by atoms with Gasteiger partial charge >= 0.3 is 5.97 Å². The molecule has 0 radical (unpaired) electrons. The Morgan fingerprint density at radius 1 is 1.26 bits per heavy atom. The number of esters is 1. The SMILES string of the molecule is CCOC(=O)c1c(NC(=O)c2noc3c2C[C@@H](C)CC3)sc2c1CCCC2. The van der Waals surface area contributed by atoms with Crippen molar-refractivity contribution in [2.24, 2.45) is 5.92 Å². The summed E-state index contributed by atoms with van der Waals surface area (Å²) < 4.78 is 10.6. The predicted octanol–water partition coefficient (Wildman–Crippen LogP) is 4.17. The largest absolute Gasteiger partial charge is 0.462 e. The van der Waals surface area contributed by atoms with Gasteiger partial charge in [0.05, 0.1) is 12.2 Å². The molecule has 2 heterocycles. The van der Waals surface area contributed by atoms with Crippen LogP contribution in [-0.4, -0.2) is 23.6 Å². The van der Waals surface area contributed by atoms with Gasteiger partial charge in [-0.05, 0) is 56.9 Å². The smallest absolute Gasteiger partial charge is 0.341 e. The van der Waals surface area contributed by atoms with E-state index in [2.05, 4.69) is 17.4 Å². The van der Waals surface area contributed by atoms with Gasteiger partial charge in [-0.1, -0.05) is 12.1 Å². The van der Waals surface area contributed by atoms with Gasteiger partial charge in [-0.2, -0.15) is 0 Å². The minimum Gasteiger partial charge on any atom is -0.462 e. The highest BCUT2D eigenvalue weighted by Crippen LogP contribution is 2.39. The summed E-state index contributed by atoms with van der Waals surface area (Å²) in [6, 6.07) is 0. The van der Waals surface area contributed by atoms with Gasteiger partial charge in [-0.3, -0.25) is 4.79 Å². The highest BCUT2D eigenvalue weighted by molar-refractivity contribution is 7.17. The maximum absolute atomic E-state index is 12.9. The summed E-state index contributed by atoms with van der Waals surface area (Å²) >= 11 is 1.49. The number of hydrogen-bond acceptors (Lipinski definition) is 6. The quantitative estimate of drug-likeness (QED) is 0.795. The van der Waals surface area contributed by atoms with Gasteiger partial charge in [-0.15, -0.1) is 11.3 Å². The lowest BCUT2D eigenvalue weighted by atomic mass is 9.88. The topological polar surface area (TPSA) is 81.4 Å². The fourth-order valence-corrected chi connectivity index (χ4v) is 5.26. The highest BCUT2D eigenvalue weighted by atomic mass is 32.1. The fraction of sp³-hybridized carbons (Fsp3) is 0.550. The molecule has 4 rings (SSSR count). The van der Waals surface area contributed by atoms with Crippen molar-refractivity contribution in [2.45, 2.75) is 58.8 Å². The van der Waals surface area contributed by atoms with E-state index in [1.54, 1.807) is 6.92 Å². The van der Waals surface area contributed by atoms with Crippen molar-refractivity contribution in [3.05, 3.63) is 33.0 Å². The van der Waals surface area contributed by atoms with E-state index in [4.69, 9.17) is 9.26 Å². The summed E-state index contributed by atoms with van der Waals surface area (Å²) in [7, 11) is 0. The van der Waals surface area contributed by atoms with E-state index in [9.17, 15) is 9.59 Å². The number of carbonyl (C=O) groups excluding carboxylic acids is 2. The molecule has 6 nitrogen and oxygen atoms in total. The second-order valence-corrected chi connectivity index (χ2v) is 8.48. The zero-order valence-electron chi connectivity index (χ0n) is 15.7. The molecule has 2 aromatic rings. The summed E-state index contributed by atoms with van der Waals surface area (Å²) in [5.74, 6) is 0.656. The van der Waals surface area contributed by atoms with Crippen LogP contribution in [0, 0.1) is 5.92 Å². The van der Waals surface area contributed by atoms with Crippen LogP contribution in [0.1, 0.15) is 75.7 Å². The van der Waals surface area contributed by atoms with Crippen LogP contribution < -0.4 is 5.32 Å². The van der Waals surface area contributed by atoms with E-state index in [0.29, 0.717) is 28.8 Å². The minimum absolute atomic E-state index is 0.307. The van der Waals surface area contributed by atoms with Crippen molar-refractivity contribution < 1.29 is 18.8 Å². The second-order valence-electron chi connectivity index (χ2n) is 7.37. The maximum Gasteiger partial charge on any atom is 0.341 e. The van der Waals surface area contributed by atoms with Crippen LogP contribution in [0.3, 0.4) is 0 Å². The Labute approximate surface area is 162 Å². The van der Waals surface area contributed by atoms with Crippen LogP contribution in [0.2, 0.25) is 0 Å². The van der Waals surface area contributed by atoms with Crippen LogP contribution in [0.15, 0.2) is 4.52 Å². The van der Waals surface area contributed by atoms with Gasteiger partial charge in [0.25, 0.3) is 5.91 Å². The second kappa shape index (κ2) is 7.46. The van der Waals surface area contributed by atoms with E-state index in [-0.39, 0.29) is 11.9 Å². The molecular formula is C20H24N2O4S. The van der Waals surface area contributed by atoms with Crippen molar-refractivity contribution in [1.29, 1.82) is 0 Å². The molecule has 0 aromatic carbocycles. The monoisotopic (exact) mass is 388 g/mol. The number of anilines is 1. The molecule has 27 heavy (non-hydrogen) atoms. The van der Waals surface area contributed by atoms with E-state index in [1.807, 2.05) is 0 Å². The van der Waals surface area contributed by atoms with E-state index in [1.165, 1.54) is 16.2 Å². The summed E-state index contributed by atoms with van der Waals surface area (Å²) in [6.45, 7) is 4.27. The van der Waals surface area contributed by atoms with Gasteiger partial charge in [0.15, 0.2) is 5.69 Å². The molecule has 144 valence electrons. The number of nitrogens with one attached hydrogen (secondary N) is 1. The zero-order chi connectivity index (χ0) is 19.0. The predicted molar refractivity (Wildman–Crippen MR) is 103 cm³/mol. The first-order chi connectivity index (χ1) is 13.1. The number of aryl methyl sites for hydroxylation is 2. The highest BCUT2D eigenvalue weighted by Gasteiger charge is 2.30. The van der Waals surface area contributed by atoms with Crippen molar-refractivity contribution in [3.63, 3.8) is 0 Å². The van der Waals surface area contributed by atoms with Gasteiger partial charge in [0.2, 0.25) is 0 Å². The maximum atomic E-state index is 12.9. The standard InChI is InChI=1S/C20H24N2O4S/c1-3-25-20(24)16-12-6-4-5-7-15(12)27-19(16)21-18(23)17-13-10-11(2)8-9-14(13)26-22-17/h11H,3-10H2,1-2H3,(H,21,23)/t11-/m0/s1. The van der Waals surface area contributed by atoms with Crippen LogP contribution in [0.5, 0.6) is 0 Å². The van der Waals surface area contributed by atoms with Crippen molar-refractivity contribution in [3.8, 4) is 0 Å². The Bertz CT molecular complexity index is 883. The summed E-state index contributed by atoms with van der Waals surface area (Å²) in [5, 5.41) is 7.53. The lowest BCUT2D eigenvalue weighted by Gasteiger charge is -2.16. The third-order valence-electron chi connectivity index (χ3n) is 5.38. The van der Waals surface area contributed by atoms with Crippen LogP contribution in [0.25, 0.3) is 0 Å². The average Bonchev–Trinajstić information content (AvgIpc) is 3.22. The molecule has 0 bridgehead atoms. The molecule has 0 aliphatic heterocycles. The van der Waals surface area contributed by atoms with E-state index in [0.717, 1.165) is 61.8 Å². The number of rotatable bonds is 4. The molecule has 0 unspecified atom stereocenters. The normalized spacial score (nSPS) is 18.5. The Morgan fingerprint density at radius 2 is 2.07 bits per heavy atom. The van der Waals surface area contributed by atoms with Crippen molar-refractivity contribution in [2.75, 3.05) is 11.9 Å². The Kier molecular flexibility index (Phi) is 5.04. The molecule has 1 amide bonds. The number of thiophene rings is 1. The first kappa shape index (κ1) is 18.2. The van der Waals surface area contributed by atoms with Crippen molar-refractivity contribution >= 4 is 28.2 Å². The average molecular weight is 388 g/mol. The number of carbonyl (C=O) groups is 2. The van der Waals surface area contributed by atoms with Crippen LogP contribution in [0.4, 0.5) is 5.00 Å². The molecule has 1 N–H and O–H groups in total. The fourth-order valence-electron chi connectivity index (χ4n) is 3.99. The Hall–Kier alpha value is -2.15. The number of amides is 1. The van der Waals surface area contributed by atoms with Gasteiger partial charge < -0.3 is 14.6 Å². The third kappa shape index (κ3) is 3.40. The van der Waals surface area contributed by atoms with Gasteiger partial charge in [0, 0.05) is 16.9 Å². The molecule has 1 atom stereocenters. The molecule has 0 fully saturated rings. The molecule has 2 aromatic heterocycles. The number of nitrogens with zero attached hydrogens (tertiary/aromatic N) is 1. The van der Waals surface area contributed by atoms with Crippen LogP contribution in [-0.2, 0) is 30.4 Å². The molecule has 7 heteroatoms. The number of fused-ring (bicyclic) bond motifs is 2. The van der Waals surface area contributed by atoms with Crippen LogP contribution >= 0.6 is 11.3 Å². The molecule has 0 spiro atoms. The lowest BCUT2D eigenvalue weighted by Crippen LogP contribution is -2.19. The Morgan fingerprint density at radius 3 is 2.89 bits per heavy atom. The first-order valence-corrected chi connectivity index (χ1v) is 10.5.